The van der Waals surface area contributed by atoms with Gasteiger partial charge in [-0.25, -0.2) is 0 Å². The smallest absolute Gasteiger partial charge is 0.263 e. The number of carbonyl (C=O) groups is 1. The molecule has 0 aliphatic rings. The molecule has 1 amide bonds. The number of carbonyl (C=O) groups excluding carboxylic acids is 1. The molecule has 5 heteroatoms. The number of amides is 1. The van der Waals surface area contributed by atoms with Crippen LogP contribution in [0.2, 0.25) is 0 Å². The number of aryl methyl sites for hydroxylation is 1. The highest BCUT2D eigenvalue weighted by Crippen LogP contribution is 2.28. The summed E-state index contributed by atoms with van der Waals surface area (Å²) in [7, 11) is 1.88. The Hall–Kier alpha value is -0.650. The second-order valence-electron chi connectivity index (χ2n) is 4.62. The number of nitrogens with zero attached hydrogens (tertiary/aromatic N) is 1. The molecule has 0 aliphatic heterocycles. The Morgan fingerprint density at radius 2 is 2.26 bits per heavy atom. The summed E-state index contributed by atoms with van der Waals surface area (Å²) in [5.74, 6) is 0.0999. The zero-order valence-electron chi connectivity index (χ0n) is 11.1. The highest BCUT2D eigenvalue weighted by Gasteiger charge is 2.20. The second kappa shape index (κ2) is 6.20. The number of hydrogen-bond acceptors (Lipinski definition) is 3. The monoisotopic (exact) mass is 357 g/mol. The highest BCUT2D eigenvalue weighted by molar-refractivity contribution is 9.11. The number of hydrogen-bond donors (Lipinski definition) is 0. The first-order valence-electron chi connectivity index (χ1n) is 6.04. The van der Waals surface area contributed by atoms with E-state index in [0.29, 0.717) is 0 Å². The molecule has 0 radical (unpaired) electrons. The van der Waals surface area contributed by atoms with Gasteiger partial charge in [-0.05, 0) is 52.9 Å². The zero-order valence-corrected chi connectivity index (χ0v) is 14.4. The predicted molar refractivity (Wildman–Crippen MR) is 86.3 cm³/mol. The Labute approximate surface area is 130 Å². The second-order valence-corrected chi connectivity index (χ2v) is 8.02. The standard InChI is InChI=1S/C14H16BrNOS2/c1-9-7-12(19-13(9)15)14(17)16(3)10(2)8-11-5-4-6-18-11/h4-7,10H,8H2,1-3H3. The number of halogens is 1. The van der Waals surface area contributed by atoms with Crippen molar-refractivity contribution in [3.05, 3.63) is 42.7 Å². The van der Waals surface area contributed by atoms with Crippen LogP contribution in [-0.4, -0.2) is 23.9 Å². The van der Waals surface area contributed by atoms with Crippen LogP contribution in [0.15, 0.2) is 27.4 Å². The number of thiophene rings is 2. The Morgan fingerprint density at radius 1 is 1.53 bits per heavy atom. The van der Waals surface area contributed by atoms with Crippen LogP contribution in [0, 0.1) is 6.92 Å². The number of likely N-dealkylation sites (N-methyl/N-ethyl adjacent to an activating group) is 1. The van der Waals surface area contributed by atoms with Gasteiger partial charge >= 0.3 is 0 Å². The van der Waals surface area contributed by atoms with Gasteiger partial charge in [-0.2, -0.15) is 0 Å². The van der Waals surface area contributed by atoms with E-state index in [0.717, 1.165) is 20.6 Å². The van der Waals surface area contributed by atoms with Crippen molar-refractivity contribution in [2.24, 2.45) is 0 Å². The molecule has 19 heavy (non-hydrogen) atoms. The molecule has 0 aromatic carbocycles. The fourth-order valence-corrected chi connectivity index (χ4v) is 4.14. The third kappa shape index (κ3) is 3.46. The van der Waals surface area contributed by atoms with Gasteiger partial charge in [0.15, 0.2) is 0 Å². The zero-order chi connectivity index (χ0) is 14.0. The van der Waals surface area contributed by atoms with Crippen LogP contribution in [0.25, 0.3) is 0 Å². The topological polar surface area (TPSA) is 20.3 Å². The Morgan fingerprint density at radius 3 is 2.79 bits per heavy atom. The quantitative estimate of drug-likeness (QED) is 0.783. The Kier molecular flexibility index (Phi) is 4.81. The average Bonchev–Trinajstić information content (AvgIpc) is 2.98. The van der Waals surface area contributed by atoms with Crippen molar-refractivity contribution in [3.8, 4) is 0 Å². The third-order valence-corrected chi connectivity index (χ3v) is 6.15. The maximum Gasteiger partial charge on any atom is 0.263 e. The van der Waals surface area contributed by atoms with Crippen LogP contribution in [-0.2, 0) is 6.42 Å². The van der Waals surface area contributed by atoms with Gasteiger partial charge in [-0.3, -0.25) is 4.79 Å². The summed E-state index contributed by atoms with van der Waals surface area (Å²) in [4.78, 5) is 16.3. The van der Waals surface area contributed by atoms with Gasteiger partial charge in [-0.15, -0.1) is 22.7 Å². The molecule has 2 nitrogen and oxygen atoms in total. The molecular formula is C14H16BrNOS2. The molecule has 0 spiro atoms. The van der Waals surface area contributed by atoms with Gasteiger partial charge in [0.25, 0.3) is 5.91 Å². The van der Waals surface area contributed by atoms with E-state index in [-0.39, 0.29) is 11.9 Å². The summed E-state index contributed by atoms with van der Waals surface area (Å²) < 4.78 is 1.04. The van der Waals surface area contributed by atoms with Crippen molar-refractivity contribution in [1.29, 1.82) is 0 Å². The first-order chi connectivity index (χ1) is 8.99. The Bertz CT molecular complexity index is 543. The van der Waals surface area contributed by atoms with E-state index in [1.54, 1.807) is 11.3 Å². The van der Waals surface area contributed by atoms with Gasteiger partial charge in [0.2, 0.25) is 0 Å². The van der Waals surface area contributed by atoms with E-state index >= 15 is 0 Å². The summed E-state index contributed by atoms with van der Waals surface area (Å²) >= 11 is 6.71. The molecule has 2 aromatic heterocycles. The van der Waals surface area contributed by atoms with Crippen LogP contribution < -0.4 is 0 Å². The first kappa shape index (κ1) is 14.8. The van der Waals surface area contributed by atoms with Crippen molar-refractivity contribution in [3.63, 3.8) is 0 Å². The van der Waals surface area contributed by atoms with E-state index in [1.807, 2.05) is 31.0 Å². The maximum atomic E-state index is 12.4. The lowest BCUT2D eigenvalue weighted by molar-refractivity contribution is 0.0749. The normalized spacial score (nSPS) is 12.4. The summed E-state index contributed by atoms with van der Waals surface area (Å²) in [6, 6.07) is 6.32. The molecule has 0 saturated carbocycles. The van der Waals surface area contributed by atoms with E-state index in [1.165, 1.54) is 16.2 Å². The first-order valence-corrected chi connectivity index (χ1v) is 8.53. The molecule has 0 bridgehead atoms. The molecule has 2 rings (SSSR count). The van der Waals surface area contributed by atoms with Crippen molar-refractivity contribution < 1.29 is 4.79 Å². The molecule has 0 aliphatic carbocycles. The summed E-state index contributed by atoms with van der Waals surface area (Å²) in [5.41, 5.74) is 1.12. The minimum absolute atomic E-state index is 0.0999. The van der Waals surface area contributed by atoms with E-state index in [2.05, 4.69) is 34.3 Å². The average molecular weight is 358 g/mol. The summed E-state index contributed by atoms with van der Waals surface area (Å²) in [6.45, 7) is 4.10. The molecule has 1 atom stereocenters. The molecule has 0 fully saturated rings. The van der Waals surface area contributed by atoms with Crippen molar-refractivity contribution in [2.45, 2.75) is 26.3 Å². The van der Waals surface area contributed by atoms with Crippen LogP contribution in [0.3, 0.4) is 0 Å². The fraction of sp³-hybridized carbons (Fsp3) is 0.357. The van der Waals surface area contributed by atoms with Gasteiger partial charge < -0.3 is 4.90 Å². The van der Waals surface area contributed by atoms with E-state index in [4.69, 9.17) is 0 Å². The minimum atomic E-state index is 0.0999. The Balaban J connectivity index is 2.06. The van der Waals surface area contributed by atoms with Crippen LogP contribution in [0.4, 0.5) is 0 Å². The molecule has 1 unspecified atom stereocenters. The highest BCUT2D eigenvalue weighted by atomic mass is 79.9. The van der Waals surface area contributed by atoms with Crippen molar-refractivity contribution >= 4 is 44.5 Å². The number of rotatable bonds is 4. The molecule has 2 aromatic rings. The molecule has 102 valence electrons. The van der Waals surface area contributed by atoms with Crippen molar-refractivity contribution in [2.75, 3.05) is 7.05 Å². The SMILES string of the molecule is Cc1cc(C(=O)N(C)C(C)Cc2cccs2)sc1Br. The largest absolute Gasteiger partial charge is 0.338 e. The van der Waals surface area contributed by atoms with Gasteiger partial charge in [0.05, 0.1) is 8.66 Å². The lowest BCUT2D eigenvalue weighted by Gasteiger charge is -2.24. The molecule has 0 N–H and O–H groups in total. The summed E-state index contributed by atoms with van der Waals surface area (Å²) in [5, 5.41) is 2.07. The molecular weight excluding hydrogens is 342 g/mol. The lowest BCUT2D eigenvalue weighted by Crippen LogP contribution is -2.35. The predicted octanol–water partition coefficient (Wildman–Crippen LogP) is 4.58. The maximum absolute atomic E-state index is 12.4. The lowest BCUT2D eigenvalue weighted by atomic mass is 10.2. The van der Waals surface area contributed by atoms with Gasteiger partial charge in [-0.1, -0.05) is 6.07 Å². The summed E-state index contributed by atoms with van der Waals surface area (Å²) in [6.07, 6.45) is 0.908. The van der Waals surface area contributed by atoms with Crippen molar-refractivity contribution in [1.82, 2.24) is 4.90 Å². The van der Waals surface area contributed by atoms with Crippen LogP contribution >= 0.6 is 38.6 Å². The van der Waals surface area contributed by atoms with E-state index in [9.17, 15) is 4.79 Å². The minimum Gasteiger partial charge on any atom is -0.338 e. The third-order valence-electron chi connectivity index (χ3n) is 3.13. The fourth-order valence-electron chi connectivity index (χ4n) is 1.80. The molecule has 0 saturated heterocycles. The van der Waals surface area contributed by atoms with Crippen LogP contribution in [0.5, 0.6) is 0 Å². The van der Waals surface area contributed by atoms with Gasteiger partial charge in [0.1, 0.15) is 0 Å². The van der Waals surface area contributed by atoms with Gasteiger partial charge in [0, 0.05) is 24.4 Å². The van der Waals surface area contributed by atoms with E-state index < -0.39 is 0 Å². The molecule has 2 heterocycles. The van der Waals surface area contributed by atoms with Crippen LogP contribution in [0.1, 0.15) is 27.0 Å².